The lowest BCUT2D eigenvalue weighted by molar-refractivity contribution is 0.0930. The van der Waals surface area contributed by atoms with Gasteiger partial charge in [-0.15, -0.1) is 5.10 Å². The van der Waals surface area contributed by atoms with Crippen LogP contribution in [0.15, 0.2) is 30.5 Å². The van der Waals surface area contributed by atoms with Crippen LogP contribution in [0.25, 0.3) is 5.69 Å². The SMILES string of the molecule is Cc1ccc(-n2cc(C(=O)NCC3(CO)CC3)nn2)cc1. The number of nitrogens with zero attached hydrogens (tertiary/aromatic N) is 3. The van der Waals surface area contributed by atoms with Crippen LogP contribution in [0.3, 0.4) is 0 Å². The Morgan fingerprint density at radius 2 is 2.10 bits per heavy atom. The fraction of sp³-hybridized carbons (Fsp3) is 0.400. The summed E-state index contributed by atoms with van der Waals surface area (Å²) in [4.78, 5) is 12.0. The third-order valence-corrected chi connectivity index (χ3v) is 3.94. The second-order valence-corrected chi connectivity index (χ2v) is 5.72. The van der Waals surface area contributed by atoms with Crippen LogP contribution in [0.1, 0.15) is 28.9 Å². The highest BCUT2D eigenvalue weighted by Crippen LogP contribution is 2.44. The van der Waals surface area contributed by atoms with Gasteiger partial charge in [0.05, 0.1) is 18.5 Å². The molecule has 1 amide bonds. The summed E-state index contributed by atoms with van der Waals surface area (Å²) in [6.45, 7) is 2.61. The Bertz CT molecular complexity index is 644. The number of amides is 1. The molecule has 1 aliphatic rings. The minimum Gasteiger partial charge on any atom is -0.396 e. The molecule has 110 valence electrons. The average Bonchev–Trinajstić information content (AvgIpc) is 3.12. The Labute approximate surface area is 122 Å². The molecule has 0 unspecified atom stereocenters. The zero-order valence-electron chi connectivity index (χ0n) is 11.9. The summed E-state index contributed by atoms with van der Waals surface area (Å²) in [7, 11) is 0. The highest BCUT2D eigenvalue weighted by atomic mass is 16.3. The van der Waals surface area contributed by atoms with E-state index in [1.54, 1.807) is 10.9 Å². The first-order chi connectivity index (χ1) is 10.1. The number of aliphatic hydroxyl groups excluding tert-OH is 1. The smallest absolute Gasteiger partial charge is 0.273 e. The van der Waals surface area contributed by atoms with Gasteiger partial charge in [0.15, 0.2) is 5.69 Å². The van der Waals surface area contributed by atoms with Crippen molar-refractivity contribution in [3.8, 4) is 5.69 Å². The monoisotopic (exact) mass is 286 g/mol. The van der Waals surface area contributed by atoms with Crippen molar-refractivity contribution in [1.82, 2.24) is 20.3 Å². The van der Waals surface area contributed by atoms with Crippen LogP contribution >= 0.6 is 0 Å². The number of carbonyl (C=O) groups is 1. The van der Waals surface area contributed by atoms with Crippen LogP contribution in [-0.2, 0) is 0 Å². The van der Waals surface area contributed by atoms with Gasteiger partial charge in [0, 0.05) is 12.0 Å². The first-order valence-corrected chi connectivity index (χ1v) is 7.00. The minimum absolute atomic E-state index is 0.109. The fourth-order valence-corrected chi connectivity index (χ4v) is 2.12. The van der Waals surface area contributed by atoms with Gasteiger partial charge in [-0.05, 0) is 31.9 Å². The van der Waals surface area contributed by atoms with Crippen LogP contribution < -0.4 is 5.32 Å². The predicted molar refractivity (Wildman–Crippen MR) is 77.2 cm³/mol. The van der Waals surface area contributed by atoms with E-state index in [-0.39, 0.29) is 23.6 Å². The highest BCUT2D eigenvalue weighted by Gasteiger charge is 2.42. The van der Waals surface area contributed by atoms with E-state index in [4.69, 9.17) is 0 Å². The molecule has 0 saturated heterocycles. The summed E-state index contributed by atoms with van der Waals surface area (Å²) in [5.41, 5.74) is 2.20. The molecule has 2 aromatic rings. The molecule has 1 aliphatic carbocycles. The summed E-state index contributed by atoms with van der Waals surface area (Å²) in [6.07, 6.45) is 3.53. The van der Waals surface area contributed by atoms with Gasteiger partial charge in [-0.25, -0.2) is 4.68 Å². The topological polar surface area (TPSA) is 80.0 Å². The normalized spacial score (nSPS) is 15.7. The maximum atomic E-state index is 12.0. The van der Waals surface area contributed by atoms with Gasteiger partial charge in [-0.1, -0.05) is 22.9 Å². The summed E-state index contributed by atoms with van der Waals surface area (Å²) in [6, 6.07) is 7.82. The number of aromatic nitrogens is 3. The van der Waals surface area contributed by atoms with Gasteiger partial charge in [0.2, 0.25) is 0 Å². The first kappa shape index (κ1) is 13.8. The van der Waals surface area contributed by atoms with Crippen molar-refractivity contribution in [1.29, 1.82) is 0 Å². The third kappa shape index (κ3) is 2.95. The zero-order valence-corrected chi connectivity index (χ0v) is 11.9. The zero-order chi connectivity index (χ0) is 14.9. The first-order valence-electron chi connectivity index (χ1n) is 7.00. The van der Waals surface area contributed by atoms with E-state index in [0.717, 1.165) is 24.1 Å². The molecule has 2 N–H and O–H groups in total. The number of hydrogen-bond acceptors (Lipinski definition) is 4. The van der Waals surface area contributed by atoms with Gasteiger partial charge in [-0.2, -0.15) is 0 Å². The van der Waals surface area contributed by atoms with Crippen molar-refractivity contribution in [3.63, 3.8) is 0 Å². The molecule has 1 aromatic heterocycles. The Hall–Kier alpha value is -2.21. The maximum absolute atomic E-state index is 12.0. The molecule has 1 saturated carbocycles. The van der Waals surface area contributed by atoms with E-state index in [1.165, 1.54) is 0 Å². The molecular formula is C15H18N4O2. The van der Waals surface area contributed by atoms with E-state index in [2.05, 4.69) is 15.6 Å². The molecule has 1 fully saturated rings. The molecule has 0 radical (unpaired) electrons. The van der Waals surface area contributed by atoms with Crippen molar-refractivity contribution < 1.29 is 9.90 Å². The Morgan fingerprint density at radius 3 is 2.71 bits per heavy atom. The summed E-state index contributed by atoms with van der Waals surface area (Å²) < 4.78 is 1.58. The lowest BCUT2D eigenvalue weighted by Gasteiger charge is -2.11. The molecule has 1 heterocycles. The molecule has 3 rings (SSSR count). The number of nitrogens with one attached hydrogen (secondary N) is 1. The van der Waals surface area contributed by atoms with Gasteiger partial charge in [0.1, 0.15) is 0 Å². The quantitative estimate of drug-likeness (QED) is 0.862. The van der Waals surface area contributed by atoms with Crippen LogP contribution in [-0.4, -0.2) is 39.2 Å². The second kappa shape index (κ2) is 5.29. The summed E-state index contributed by atoms with van der Waals surface area (Å²) in [5.74, 6) is -0.256. The number of aliphatic hydroxyl groups is 1. The predicted octanol–water partition coefficient (Wildman–Crippen LogP) is 1.08. The van der Waals surface area contributed by atoms with Gasteiger partial charge in [-0.3, -0.25) is 4.79 Å². The fourth-order valence-electron chi connectivity index (χ4n) is 2.12. The van der Waals surface area contributed by atoms with E-state index in [0.29, 0.717) is 6.54 Å². The van der Waals surface area contributed by atoms with Gasteiger partial charge in [0.25, 0.3) is 5.91 Å². The molecule has 21 heavy (non-hydrogen) atoms. The average molecular weight is 286 g/mol. The van der Waals surface area contributed by atoms with Gasteiger partial charge < -0.3 is 10.4 Å². The molecular weight excluding hydrogens is 268 g/mol. The lowest BCUT2D eigenvalue weighted by atomic mass is 10.1. The summed E-state index contributed by atoms with van der Waals surface area (Å²) in [5, 5.41) is 19.9. The van der Waals surface area contributed by atoms with E-state index >= 15 is 0 Å². The molecule has 0 aliphatic heterocycles. The molecule has 1 aromatic carbocycles. The third-order valence-electron chi connectivity index (χ3n) is 3.94. The van der Waals surface area contributed by atoms with E-state index in [9.17, 15) is 9.90 Å². The number of benzene rings is 1. The van der Waals surface area contributed by atoms with E-state index < -0.39 is 0 Å². The van der Waals surface area contributed by atoms with Gasteiger partial charge >= 0.3 is 0 Å². The number of rotatable bonds is 5. The molecule has 6 heteroatoms. The molecule has 0 bridgehead atoms. The Balaban J connectivity index is 1.66. The van der Waals surface area contributed by atoms with E-state index in [1.807, 2.05) is 31.2 Å². The maximum Gasteiger partial charge on any atom is 0.273 e. The van der Waals surface area contributed by atoms with Crippen molar-refractivity contribution in [2.45, 2.75) is 19.8 Å². The van der Waals surface area contributed by atoms with Crippen molar-refractivity contribution >= 4 is 5.91 Å². The molecule has 6 nitrogen and oxygen atoms in total. The Kier molecular flexibility index (Phi) is 3.47. The van der Waals surface area contributed by atoms with Crippen LogP contribution in [0.2, 0.25) is 0 Å². The van der Waals surface area contributed by atoms with Crippen LogP contribution in [0, 0.1) is 12.3 Å². The summed E-state index contributed by atoms with van der Waals surface area (Å²) >= 11 is 0. The number of hydrogen-bond donors (Lipinski definition) is 2. The Morgan fingerprint density at radius 1 is 1.38 bits per heavy atom. The number of carbonyl (C=O) groups excluding carboxylic acids is 1. The van der Waals surface area contributed by atoms with Crippen molar-refractivity contribution in [2.75, 3.05) is 13.2 Å². The standard InChI is InChI=1S/C15H18N4O2/c1-11-2-4-12(5-3-11)19-8-13(17-18-19)14(21)16-9-15(10-20)6-7-15/h2-5,8,20H,6-7,9-10H2,1H3,(H,16,21). The second-order valence-electron chi connectivity index (χ2n) is 5.72. The molecule has 0 atom stereocenters. The lowest BCUT2D eigenvalue weighted by Crippen LogP contribution is -2.32. The largest absolute Gasteiger partial charge is 0.396 e. The van der Waals surface area contributed by atoms with Crippen molar-refractivity contribution in [2.24, 2.45) is 5.41 Å². The van der Waals surface area contributed by atoms with Crippen molar-refractivity contribution in [3.05, 3.63) is 41.7 Å². The van der Waals surface area contributed by atoms with Crippen LogP contribution in [0.5, 0.6) is 0 Å². The molecule has 0 spiro atoms. The highest BCUT2D eigenvalue weighted by molar-refractivity contribution is 5.91. The van der Waals surface area contributed by atoms with Crippen LogP contribution in [0.4, 0.5) is 0 Å². The number of aryl methyl sites for hydroxylation is 1. The minimum atomic E-state index is -0.256.